The van der Waals surface area contributed by atoms with E-state index in [1.54, 1.807) is 0 Å². The summed E-state index contributed by atoms with van der Waals surface area (Å²) in [6, 6.07) is 47.8. The Balaban J connectivity index is 1.29. The molecule has 9 aromatic rings. The van der Waals surface area contributed by atoms with Gasteiger partial charge in [0.15, 0.2) is 0 Å². The van der Waals surface area contributed by atoms with Crippen LogP contribution in [0.4, 0.5) is 0 Å². The number of nitrogens with zero attached hydrogens (tertiary/aromatic N) is 2. The third-order valence-electron chi connectivity index (χ3n) is 8.74. The molecule has 0 fully saturated rings. The summed E-state index contributed by atoms with van der Waals surface area (Å²) in [5.41, 5.74) is 9.92. The summed E-state index contributed by atoms with van der Waals surface area (Å²) in [5, 5.41) is 5.02. The van der Waals surface area contributed by atoms with Crippen LogP contribution in [-0.2, 0) is 0 Å². The molecule has 0 aliphatic heterocycles. The van der Waals surface area contributed by atoms with Crippen molar-refractivity contribution in [3.05, 3.63) is 145 Å². The van der Waals surface area contributed by atoms with Gasteiger partial charge in [-0.25, -0.2) is 4.98 Å². The van der Waals surface area contributed by atoms with Crippen LogP contribution in [0.25, 0.3) is 85.2 Å². The molecular weight excluding hydrogens is 585 g/mol. The number of aromatic nitrogens is 2. The number of pyridine rings is 2. The topological polar surface area (TPSA) is 25.8 Å². The molecule has 5 aromatic carbocycles. The third kappa shape index (κ3) is 4.29. The molecule has 212 valence electrons. The van der Waals surface area contributed by atoms with Gasteiger partial charge in [0.1, 0.15) is 0 Å². The Morgan fingerprint density at radius 2 is 1.22 bits per heavy atom. The predicted molar refractivity (Wildman–Crippen MR) is 194 cm³/mol. The Kier molecular flexibility index (Phi) is 6.12. The van der Waals surface area contributed by atoms with Crippen LogP contribution in [0.5, 0.6) is 0 Å². The van der Waals surface area contributed by atoms with Gasteiger partial charge in [0, 0.05) is 52.1 Å². The van der Waals surface area contributed by atoms with Crippen LogP contribution >= 0.6 is 22.7 Å². The highest BCUT2D eigenvalue weighted by Crippen LogP contribution is 2.44. The molecule has 0 amide bonds. The second-order valence-corrected chi connectivity index (χ2v) is 13.5. The van der Waals surface area contributed by atoms with E-state index in [9.17, 15) is 0 Å². The molecule has 0 saturated carbocycles. The molecule has 4 heteroatoms. The maximum Gasteiger partial charge on any atom is 0.0979 e. The van der Waals surface area contributed by atoms with Crippen molar-refractivity contribution in [3.8, 4) is 44.9 Å². The van der Waals surface area contributed by atoms with E-state index >= 15 is 0 Å². The maximum atomic E-state index is 5.33. The van der Waals surface area contributed by atoms with E-state index in [1.807, 2.05) is 28.9 Å². The molecule has 0 bridgehead atoms. The number of rotatable bonds is 4. The molecule has 0 spiro atoms. The Hall–Kier alpha value is -5.16. The molecule has 4 aromatic heterocycles. The average Bonchev–Trinajstić information content (AvgIpc) is 3.67. The lowest BCUT2D eigenvalue weighted by Gasteiger charge is -2.15. The minimum atomic E-state index is 0.889. The van der Waals surface area contributed by atoms with E-state index in [-0.39, 0.29) is 0 Å². The van der Waals surface area contributed by atoms with Gasteiger partial charge in [0.25, 0.3) is 0 Å². The van der Waals surface area contributed by atoms with Crippen LogP contribution in [0.1, 0.15) is 5.56 Å². The van der Waals surface area contributed by atoms with Crippen molar-refractivity contribution < 1.29 is 0 Å². The minimum Gasteiger partial charge on any atom is -0.254 e. The molecule has 0 N–H and O–H groups in total. The van der Waals surface area contributed by atoms with Crippen molar-refractivity contribution in [2.45, 2.75) is 6.92 Å². The van der Waals surface area contributed by atoms with Gasteiger partial charge in [-0.05, 0) is 65.1 Å². The summed E-state index contributed by atoms with van der Waals surface area (Å²) in [6.45, 7) is 2.18. The fourth-order valence-corrected chi connectivity index (χ4v) is 8.90. The normalized spacial score (nSPS) is 11.7. The molecule has 0 unspecified atom stereocenters. The minimum absolute atomic E-state index is 0.889. The first-order chi connectivity index (χ1) is 22.2. The summed E-state index contributed by atoms with van der Waals surface area (Å²) in [5.74, 6) is 0. The van der Waals surface area contributed by atoms with Gasteiger partial charge in [0.05, 0.1) is 17.1 Å². The van der Waals surface area contributed by atoms with Gasteiger partial charge >= 0.3 is 0 Å². The molecule has 9 rings (SSSR count). The SMILES string of the molecule is Cc1c(-c2ccccc2)cc(-c2nccc3sc4ccc(-c5cccc6c5sc5ccccc56)cc4c23)nc1-c1ccccc1. The molecular formula is C41H26N2S2. The second kappa shape index (κ2) is 10.5. The van der Waals surface area contributed by atoms with E-state index in [0.29, 0.717) is 0 Å². The van der Waals surface area contributed by atoms with Crippen molar-refractivity contribution in [1.82, 2.24) is 9.97 Å². The van der Waals surface area contributed by atoms with E-state index in [1.165, 1.54) is 57.2 Å². The number of fused-ring (bicyclic) bond motifs is 6. The van der Waals surface area contributed by atoms with Gasteiger partial charge in [0.2, 0.25) is 0 Å². The van der Waals surface area contributed by atoms with Crippen LogP contribution in [0, 0.1) is 6.92 Å². The van der Waals surface area contributed by atoms with Crippen molar-refractivity contribution in [3.63, 3.8) is 0 Å². The van der Waals surface area contributed by atoms with Crippen molar-refractivity contribution >= 4 is 63.0 Å². The van der Waals surface area contributed by atoms with Crippen LogP contribution in [-0.4, -0.2) is 9.97 Å². The maximum absolute atomic E-state index is 5.33. The fourth-order valence-electron chi connectivity index (χ4n) is 6.58. The summed E-state index contributed by atoms with van der Waals surface area (Å²) < 4.78 is 5.13. The molecule has 0 aliphatic rings. The zero-order valence-electron chi connectivity index (χ0n) is 24.5. The van der Waals surface area contributed by atoms with Gasteiger partial charge in [-0.1, -0.05) is 103 Å². The van der Waals surface area contributed by atoms with Crippen LogP contribution in [0.3, 0.4) is 0 Å². The monoisotopic (exact) mass is 610 g/mol. The molecule has 0 saturated heterocycles. The second-order valence-electron chi connectivity index (χ2n) is 11.4. The molecule has 2 nitrogen and oxygen atoms in total. The first-order valence-electron chi connectivity index (χ1n) is 15.1. The Morgan fingerprint density at radius 1 is 0.489 bits per heavy atom. The number of hydrogen-bond donors (Lipinski definition) is 0. The van der Waals surface area contributed by atoms with Crippen LogP contribution < -0.4 is 0 Å². The molecule has 0 radical (unpaired) electrons. The Bertz CT molecular complexity index is 2480. The van der Waals surface area contributed by atoms with E-state index in [2.05, 4.69) is 140 Å². The smallest absolute Gasteiger partial charge is 0.0979 e. The third-order valence-corrected chi connectivity index (χ3v) is 11.1. The zero-order chi connectivity index (χ0) is 29.9. The van der Waals surface area contributed by atoms with Gasteiger partial charge in [-0.2, -0.15) is 0 Å². The highest BCUT2D eigenvalue weighted by molar-refractivity contribution is 7.26. The molecule has 0 aliphatic carbocycles. The lowest BCUT2D eigenvalue weighted by atomic mass is 9.94. The quantitative estimate of drug-likeness (QED) is 0.198. The Labute approximate surface area is 268 Å². The zero-order valence-corrected chi connectivity index (χ0v) is 26.1. The van der Waals surface area contributed by atoms with Crippen LogP contribution in [0.2, 0.25) is 0 Å². The summed E-state index contributed by atoms with van der Waals surface area (Å²) >= 11 is 3.70. The summed E-state index contributed by atoms with van der Waals surface area (Å²) in [6.07, 6.45) is 1.93. The average molecular weight is 611 g/mol. The number of thiophene rings is 2. The highest BCUT2D eigenvalue weighted by Gasteiger charge is 2.19. The molecule has 0 atom stereocenters. The number of hydrogen-bond acceptors (Lipinski definition) is 4. The van der Waals surface area contributed by atoms with Gasteiger partial charge < -0.3 is 0 Å². The molecule has 45 heavy (non-hydrogen) atoms. The first-order valence-corrected chi connectivity index (χ1v) is 16.7. The van der Waals surface area contributed by atoms with Crippen molar-refractivity contribution in [2.24, 2.45) is 0 Å². The van der Waals surface area contributed by atoms with Crippen molar-refractivity contribution in [1.29, 1.82) is 0 Å². The number of benzene rings is 5. The summed E-state index contributed by atoms with van der Waals surface area (Å²) in [7, 11) is 0. The highest BCUT2D eigenvalue weighted by atomic mass is 32.1. The van der Waals surface area contributed by atoms with Gasteiger partial charge in [-0.3, -0.25) is 4.98 Å². The predicted octanol–water partition coefficient (Wildman–Crippen LogP) is 12.2. The van der Waals surface area contributed by atoms with E-state index in [4.69, 9.17) is 9.97 Å². The van der Waals surface area contributed by atoms with Gasteiger partial charge in [-0.15, -0.1) is 22.7 Å². The first kappa shape index (κ1) is 26.3. The lowest BCUT2D eigenvalue weighted by molar-refractivity contribution is 1.24. The van der Waals surface area contributed by atoms with E-state index in [0.717, 1.165) is 33.6 Å². The fraction of sp³-hybridized carbons (Fsp3) is 0.0244. The Morgan fingerprint density at radius 3 is 2.07 bits per heavy atom. The lowest BCUT2D eigenvalue weighted by Crippen LogP contribution is -1.97. The van der Waals surface area contributed by atoms with Crippen LogP contribution in [0.15, 0.2) is 140 Å². The van der Waals surface area contributed by atoms with Crippen molar-refractivity contribution in [2.75, 3.05) is 0 Å². The standard InChI is InChI=1S/C41H26N2S2/c1-25-32(26-11-4-2-5-12-26)24-34(43-39(25)27-13-6-3-7-14-27)40-38-33-23-28(19-20-36(33)44-37(38)21-22-42-40)29-16-10-17-31-30-15-8-9-18-35(30)45-41(29)31/h2-24H,1H3. The summed E-state index contributed by atoms with van der Waals surface area (Å²) in [4.78, 5) is 10.4. The molecule has 4 heterocycles. The largest absolute Gasteiger partial charge is 0.254 e. The van der Waals surface area contributed by atoms with E-state index < -0.39 is 0 Å².